The maximum atomic E-state index is 12.4. The molecule has 0 aliphatic heterocycles. The summed E-state index contributed by atoms with van der Waals surface area (Å²) in [6.45, 7) is 5.75. The number of H-pyrrole nitrogens is 1. The Morgan fingerprint density at radius 3 is 2.50 bits per heavy atom. The molecule has 0 fully saturated rings. The molecule has 0 saturated heterocycles. The molecule has 0 saturated carbocycles. The highest BCUT2D eigenvalue weighted by molar-refractivity contribution is 7.89. The molecular weight excluding hydrogens is 354 g/mol. The zero-order valence-electron chi connectivity index (χ0n) is 14.8. The minimum Gasteiger partial charge on any atom is -0.369 e. The van der Waals surface area contributed by atoms with Crippen LogP contribution in [0.5, 0.6) is 0 Å². The zero-order chi connectivity index (χ0) is 18.7. The second-order valence-corrected chi connectivity index (χ2v) is 7.54. The Morgan fingerprint density at radius 2 is 1.85 bits per heavy atom. The second kappa shape index (κ2) is 7.26. The Labute approximate surface area is 151 Å². The minimum absolute atomic E-state index is 0.199. The number of hydrogen-bond donors (Lipinski definition) is 3. The van der Waals surface area contributed by atoms with Gasteiger partial charge >= 0.3 is 0 Å². The Hall–Kier alpha value is -2.72. The number of nitrogens with one attached hydrogen (secondary N) is 3. The van der Waals surface area contributed by atoms with Crippen LogP contribution in [-0.4, -0.2) is 46.2 Å². The van der Waals surface area contributed by atoms with Crippen LogP contribution >= 0.6 is 0 Å². The van der Waals surface area contributed by atoms with Crippen molar-refractivity contribution in [2.75, 3.05) is 18.4 Å². The van der Waals surface area contributed by atoms with Gasteiger partial charge in [-0.2, -0.15) is 5.10 Å². The third kappa shape index (κ3) is 3.92. The van der Waals surface area contributed by atoms with Crippen molar-refractivity contribution in [1.82, 2.24) is 29.5 Å². The first-order valence-corrected chi connectivity index (χ1v) is 9.59. The summed E-state index contributed by atoms with van der Waals surface area (Å²) in [5.41, 5.74) is 0.969. The molecule has 0 aliphatic rings. The van der Waals surface area contributed by atoms with Crippen LogP contribution in [0.25, 0.3) is 5.82 Å². The fraction of sp³-hybridized carbons (Fsp3) is 0.312. The zero-order valence-corrected chi connectivity index (χ0v) is 15.6. The van der Waals surface area contributed by atoms with E-state index in [1.807, 2.05) is 42.1 Å². The van der Waals surface area contributed by atoms with Gasteiger partial charge in [-0.15, -0.1) is 0 Å². The van der Waals surface area contributed by atoms with Gasteiger partial charge in [0.1, 0.15) is 22.4 Å². The van der Waals surface area contributed by atoms with E-state index in [0.29, 0.717) is 29.6 Å². The maximum Gasteiger partial charge on any atom is 0.244 e. The van der Waals surface area contributed by atoms with Crippen molar-refractivity contribution in [1.29, 1.82) is 0 Å². The van der Waals surface area contributed by atoms with Crippen LogP contribution in [0, 0.1) is 20.8 Å². The molecule has 3 N–H and O–H groups in total. The summed E-state index contributed by atoms with van der Waals surface area (Å²) < 4.78 is 29.2. The number of aromatic nitrogens is 5. The van der Waals surface area contributed by atoms with E-state index in [9.17, 15) is 8.42 Å². The Kier molecular flexibility index (Phi) is 5.05. The van der Waals surface area contributed by atoms with Crippen LogP contribution in [0.3, 0.4) is 0 Å². The molecule has 9 nitrogen and oxygen atoms in total. The molecule has 0 radical (unpaired) electrons. The second-order valence-electron chi connectivity index (χ2n) is 5.84. The SMILES string of the molecule is Cc1nc(NCCNS(=O)(=O)c2c(C)n[nH]c2C)cc(-n2cccc2)n1. The Bertz CT molecular complexity index is 974. The number of rotatable bonds is 7. The molecule has 3 aromatic rings. The molecule has 26 heavy (non-hydrogen) atoms. The molecule has 3 aromatic heterocycles. The number of hydrogen-bond acceptors (Lipinski definition) is 6. The molecule has 0 aromatic carbocycles. The molecule has 0 unspecified atom stereocenters. The normalized spacial score (nSPS) is 11.7. The van der Waals surface area contributed by atoms with Gasteiger partial charge in [0.15, 0.2) is 0 Å². The third-order valence-electron chi connectivity index (χ3n) is 3.75. The van der Waals surface area contributed by atoms with E-state index >= 15 is 0 Å². The first-order chi connectivity index (χ1) is 12.4. The van der Waals surface area contributed by atoms with Crippen LogP contribution in [0.1, 0.15) is 17.2 Å². The van der Waals surface area contributed by atoms with Crippen LogP contribution in [0.4, 0.5) is 5.82 Å². The standard InChI is InChI=1S/C16H21N7O2S/c1-11-16(12(2)22-21-11)26(24,25)18-7-6-17-14-10-15(20-13(3)19-14)23-8-4-5-9-23/h4-5,8-10,18H,6-7H2,1-3H3,(H,21,22)(H,17,19,20). The first-order valence-electron chi connectivity index (χ1n) is 8.11. The summed E-state index contributed by atoms with van der Waals surface area (Å²) in [6, 6.07) is 5.64. The molecule has 3 rings (SSSR count). The van der Waals surface area contributed by atoms with Gasteiger partial charge in [0, 0.05) is 31.5 Å². The molecule has 0 amide bonds. The first kappa shape index (κ1) is 18.1. The van der Waals surface area contributed by atoms with Crippen molar-refractivity contribution in [3.8, 4) is 5.82 Å². The summed E-state index contributed by atoms with van der Waals surface area (Å²) in [6.07, 6.45) is 3.80. The van der Waals surface area contributed by atoms with Crippen molar-refractivity contribution in [3.63, 3.8) is 0 Å². The highest BCUT2D eigenvalue weighted by Crippen LogP contribution is 2.16. The number of anilines is 1. The van der Waals surface area contributed by atoms with Crippen molar-refractivity contribution >= 4 is 15.8 Å². The lowest BCUT2D eigenvalue weighted by molar-refractivity contribution is 0.581. The highest BCUT2D eigenvalue weighted by Gasteiger charge is 2.21. The average Bonchev–Trinajstić information content (AvgIpc) is 3.21. The molecule has 0 aliphatic carbocycles. The molecular formula is C16H21N7O2S. The van der Waals surface area contributed by atoms with E-state index in [-0.39, 0.29) is 11.4 Å². The number of aryl methyl sites for hydroxylation is 3. The summed E-state index contributed by atoms with van der Waals surface area (Å²) in [7, 11) is -3.61. The van der Waals surface area contributed by atoms with Crippen LogP contribution in [0.2, 0.25) is 0 Å². The summed E-state index contributed by atoms with van der Waals surface area (Å²) in [4.78, 5) is 8.91. The van der Waals surface area contributed by atoms with E-state index < -0.39 is 10.0 Å². The largest absolute Gasteiger partial charge is 0.369 e. The van der Waals surface area contributed by atoms with Crippen LogP contribution < -0.4 is 10.0 Å². The van der Waals surface area contributed by atoms with Gasteiger partial charge in [-0.05, 0) is 32.9 Å². The van der Waals surface area contributed by atoms with Crippen LogP contribution in [0.15, 0.2) is 35.5 Å². The molecule has 138 valence electrons. The van der Waals surface area contributed by atoms with E-state index in [4.69, 9.17) is 0 Å². The predicted molar refractivity (Wildman–Crippen MR) is 97.8 cm³/mol. The van der Waals surface area contributed by atoms with Crippen LogP contribution in [-0.2, 0) is 10.0 Å². The van der Waals surface area contributed by atoms with Gasteiger partial charge in [0.2, 0.25) is 10.0 Å². The summed E-state index contributed by atoms with van der Waals surface area (Å²) in [5, 5.41) is 9.72. The van der Waals surface area contributed by atoms with Crippen molar-refractivity contribution in [3.05, 3.63) is 47.8 Å². The van der Waals surface area contributed by atoms with Crippen molar-refractivity contribution < 1.29 is 8.42 Å². The smallest absolute Gasteiger partial charge is 0.244 e. The molecule has 3 heterocycles. The average molecular weight is 375 g/mol. The minimum atomic E-state index is -3.61. The van der Waals surface area contributed by atoms with Gasteiger partial charge in [-0.25, -0.2) is 23.1 Å². The third-order valence-corrected chi connectivity index (χ3v) is 5.47. The highest BCUT2D eigenvalue weighted by atomic mass is 32.2. The lowest BCUT2D eigenvalue weighted by Crippen LogP contribution is -2.29. The maximum absolute atomic E-state index is 12.4. The molecule has 0 spiro atoms. The van der Waals surface area contributed by atoms with Crippen molar-refractivity contribution in [2.45, 2.75) is 25.7 Å². The molecule has 10 heteroatoms. The van der Waals surface area contributed by atoms with E-state index in [0.717, 1.165) is 5.82 Å². The number of nitrogens with zero attached hydrogens (tertiary/aromatic N) is 4. The molecule has 0 bridgehead atoms. The lowest BCUT2D eigenvalue weighted by Gasteiger charge is -2.10. The lowest BCUT2D eigenvalue weighted by atomic mass is 10.4. The summed E-state index contributed by atoms with van der Waals surface area (Å²) >= 11 is 0. The molecule has 0 atom stereocenters. The fourth-order valence-corrected chi connectivity index (χ4v) is 4.05. The topological polar surface area (TPSA) is 118 Å². The van der Waals surface area contributed by atoms with Crippen molar-refractivity contribution in [2.24, 2.45) is 0 Å². The quantitative estimate of drug-likeness (QED) is 0.536. The number of sulfonamides is 1. The van der Waals surface area contributed by atoms with Gasteiger partial charge in [0.05, 0.1) is 11.4 Å². The van der Waals surface area contributed by atoms with Gasteiger partial charge in [-0.1, -0.05) is 0 Å². The Balaban J connectivity index is 1.62. The van der Waals surface area contributed by atoms with E-state index in [2.05, 4.69) is 30.2 Å². The monoisotopic (exact) mass is 375 g/mol. The summed E-state index contributed by atoms with van der Waals surface area (Å²) in [5.74, 6) is 2.01. The fourth-order valence-electron chi connectivity index (χ4n) is 2.65. The number of aromatic amines is 1. The van der Waals surface area contributed by atoms with Gasteiger partial charge in [0.25, 0.3) is 0 Å². The van der Waals surface area contributed by atoms with E-state index in [1.165, 1.54) is 0 Å². The predicted octanol–water partition coefficient (Wildman–Crippen LogP) is 1.31. The van der Waals surface area contributed by atoms with Gasteiger partial charge < -0.3 is 9.88 Å². The Morgan fingerprint density at radius 1 is 1.12 bits per heavy atom. The van der Waals surface area contributed by atoms with Gasteiger partial charge in [-0.3, -0.25) is 5.10 Å². The van der Waals surface area contributed by atoms with E-state index in [1.54, 1.807) is 13.8 Å².